The molecule has 0 heterocycles. The third-order valence-corrected chi connectivity index (χ3v) is 4.16. The first-order valence-corrected chi connectivity index (χ1v) is 8.12. The van der Waals surface area contributed by atoms with Gasteiger partial charge in [-0.2, -0.15) is 0 Å². The van der Waals surface area contributed by atoms with E-state index in [1.54, 1.807) is 0 Å². The van der Waals surface area contributed by atoms with Crippen LogP contribution in [0.2, 0.25) is 10.0 Å². The Balaban J connectivity index is 2.30. The molecule has 1 atom stereocenters. The Morgan fingerprint density at radius 1 is 1.10 bits per heavy atom. The normalized spacial score (nSPS) is 12.2. The van der Waals surface area contributed by atoms with E-state index in [1.165, 1.54) is 5.56 Å². The highest BCUT2D eigenvalue weighted by molar-refractivity contribution is 9.10. The van der Waals surface area contributed by atoms with Crippen LogP contribution in [0.15, 0.2) is 46.9 Å². The first-order chi connectivity index (χ1) is 9.61. The molecule has 4 heteroatoms. The van der Waals surface area contributed by atoms with Crippen LogP contribution >= 0.6 is 39.1 Å². The van der Waals surface area contributed by atoms with Crippen molar-refractivity contribution < 1.29 is 0 Å². The van der Waals surface area contributed by atoms with E-state index in [9.17, 15) is 0 Å². The minimum Gasteiger partial charge on any atom is -0.376 e. The molecule has 0 saturated heterocycles. The van der Waals surface area contributed by atoms with E-state index in [2.05, 4.69) is 40.3 Å². The largest absolute Gasteiger partial charge is 0.376 e. The summed E-state index contributed by atoms with van der Waals surface area (Å²) in [6.45, 7) is 2.17. The zero-order valence-electron chi connectivity index (χ0n) is 11.2. The second-order valence-corrected chi connectivity index (χ2v) is 6.37. The van der Waals surface area contributed by atoms with Crippen LogP contribution in [-0.2, 0) is 0 Å². The lowest BCUT2D eigenvalue weighted by Crippen LogP contribution is -2.11. The number of benzene rings is 2. The van der Waals surface area contributed by atoms with Crippen molar-refractivity contribution in [2.45, 2.75) is 25.8 Å². The molecule has 1 N–H and O–H groups in total. The van der Waals surface area contributed by atoms with Crippen molar-refractivity contribution in [3.63, 3.8) is 0 Å². The molecule has 106 valence electrons. The van der Waals surface area contributed by atoms with E-state index in [4.69, 9.17) is 23.2 Å². The average molecular weight is 373 g/mol. The van der Waals surface area contributed by atoms with Crippen molar-refractivity contribution >= 4 is 44.8 Å². The van der Waals surface area contributed by atoms with Crippen molar-refractivity contribution in [3.8, 4) is 0 Å². The highest BCUT2D eigenvalue weighted by Crippen LogP contribution is 2.36. The first-order valence-electron chi connectivity index (χ1n) is 6.58. The predicted molar refractivity (Wildman–Crippen MR) is 91.9 cm³/mol. The van der Waals surface area contributed by atoms with Crippen molar-refractivity contribution in [2.75, 3.05) is 5.32 Å². The fourth-order valence-corrected chi connectivity index (χ4v) is 3.47. The van der Waals surface area contributed by atoms with E-state index in [1.807, 2.05) is 30.3 Å². The van der Waals surface area contributed by atoms with Crippen LogP contribution in [0.1, 0.15) is 31.4 Å². The van der Waals surface area contributed by atoms with Crippen LogP contribution in [-0.4, -0.2) is 0 Å². The fraction of sp³-hybridized carbons (Fsp3) is 0.250. The summed E-state index contributed by atoms with van der Waals surface area (Å²) >= 11 is 16.0. The highest BCUT2D eigenvalue weighted by atomic mass is 79.9. The van der Waals surface area contributed by atoms with Gasteiger partial charge in [-0.1, -0.05) is 82.8 Å². The minimum atomic E-state index is 0.206. The Morgan fingerprint density at radius 3 is 2.25 bits per heavy atom. The van der Waals surface area contributed by atoms with E-state index in [0.29, 0.717) is 10.0 Å². The second kappa shape index (κ2) is 7.35. The maximum atomic E-state index is 6.29. The number of rotatable bonds is 5. The zero-order chi connectivity index (χ0) is 14.5. The quantitative estimate of drug-likeness (QED) is 0.614. The molecule has 0 amide bonds. The van der Waals surface area contributed by atoms with Crippen LogP contribution in [0.3, 0.4) is 0 Å². The molecule has 2 aromatic carbocycles. The Bertz CT molecular complexity index is 549. The third-order valence-electron chi connectivity index (χ3n) is 3.10. The van der Waals surface area contributed by atoms with E-state index in [0.717, 1.165) is 23.0 Å². The van der Waals surface area contributed by atoms with E-state index in [-0.39, 0.29) is 6.04 Å². The summed E-state index contributed by atoms with van der Waals surface area (Å²) in [5, 5.41) is 4.73. The molecule has 2 aromatic rings. The summed E-state index contributed by atoms with van der Waals surface area (Å²) in [5.74, 6) is 0. The molecular formula is C16H16BrCl2N. The smallest absolute Gasteiger partial charge is 0.0724 e. The number of halogens is 3. The van der Waals surface area contributed by atoms with Gasteiger partial charge in [-0.05, 0) is 24.1 Å². The fourth-order valence-electron chi connectivity index (χ4n) is 2.15. The average Bonchev–Trinajstić information content (AvgIpc) is 2.42. The first kappa shape index (κ1) is 15.7. The predicted octanol–water partition coefficient (Wildman–Crippen LogP) is 6.71. The van der Waals surface area contributed by atoms with E-state index < -0.39 is 0 Å². The summed E-state index contributed by atoms with van der Waals surface area (Å²) in [6.07, 6.45) is 2.10. The van der Waals surface area contributed by atoms with Gasteiger partial charge in [0.25, 0.3) is 0 Å². The molecule has 0 aromatic heterocycles. The standard InChI is InChI=1S/C16H16BrCl2N/c1-2-6-15(11-7-4-3-5-8-11)20-16-13(18)9-12(17)10-14(16)19/h3-5,7-10,15,20H,2,6H2,1H3. The molecule has 0 spiro atoms. The van der Waals surface area contributed by atoms with Gasteiger partial charge < -0.3 is 5.32 Å². The summed E-state index contributed by atoms with van der Waals surface area (Å²) in [7, 11) is 0. The van der Waals surface area contributed by atoms with Gasteiger partial charge in [-0.15, -0.1) is 0 Å². The number of anilines is 1. The molecule has 0 fully saturated rings. The SMILES string of the molecule is CCCC(Nc1c(Cl)cc(Br)cc1Cl)c1ccccc1. The molecular weight excluding hydrogens is 357 g/mol. The maximum Gasteiger partial charge on any atom is 0.0724 e. The lowest BCUT2D eigenvalue weighted by atomic mass is 10.0. The summed E-state index contributed by atoms with van der Waals surface area (Å²) < 4.78 is 0.879. The molecule has 0 radical (unpaired) electrons. The van der Waals surface area contributed by atoms with Crippen LogP contribution in [0.25, 0.3) is 0 Å². The molecule has 20 heavy (non-hydrogen) atoms. The van der Waals surface area contributed by atoms with Crippen LogP contribution < -0.4 is 5.32 Å². The lowest BCUT2D eigenvalue weighted by molar-refractivity contribution is 0.678. The molecule has 0 bridgehead atoms. The molecule has 0 saturated carbocycles. The van der Waals surface area contributed by atoms with Gasteiger partial charge in [0.1, 0.15) is 0 Å². The highest BCUT2D eigenvalue weighted by Gasteiger charge is 2.14. The molecule has 0 aliphatic heterocycles. The Labute approximate surface area is 138 Å². The number of nitrogens with one attached hydrogen (secondary N) is 1. The van der Waals surface area contributed by atoms with Crippen molar-refractivity contribution in [3.05, 3.63) is 62.5 Å². The molecule has 1 nitrogen and oxygen atoms in total. The molecule has 2 rings (SSSR count). The van der Waals surface area contributed by atoms with Gasteiger partial charge in [-0.3, -0.25) is 0 Å². The van der Waals surface area contributed by atoms with Crippen LogP contribution in [0.5, 0.6) is 0 Å². The molecule has 1 unspecified atom stereocenters. The lowest BCUT2D eigenvalue weighted by Gasteiger charge is -2.21. The van der Waals surface area contributed by atoms with Crippen LogP contribution in [0.4, 0.5) is 5.69 Å². The monoisotopic (exact) mass is 371 g/mol. The Kier molecular flexibility index (Phi) is 5.76. The topological polar surface area (TPSA) is 12.0 Å². The van der Waals surface area contributed by atoms with Gasteiger partial charge in [0, 0.05) is 4.47 Å². The number of hydrogen-bond acceptors (Lipinski definition) is 1. The second-order valence-electron chi connectivity index (χ2n) is 4.64. The van der Waals surface area contributed by atoms with Crippen LogP contribution in [0, 0.1) is 0 Å². The van der Waals surface area contributed by atoms with Gasteiger partial charge in [0.05, 0.1) is 21.8 Å². The summed E-state index contributed by atoms with van der Waals surface area (Å²) in [4.78, 5) is 0. The Morgan fingerprint density at radius 2 is 1.70 bits per heavy atom. The number of hydrogen-bond donors (Lipinski definition) is 1. The van der Waals surface area contributed by atoms with Gasteiger partial charge in [0.2, 0.25) is 0 Å². The van der Waals surface area contributed by atoms with Crippen molar-refractivity contribution in [2.24, 2.45) is 0 Å². The molecule has 0 aliphatic carbocycles. The zero-order valence-corrected chi connectivity index (χ0v) is 14.3. The van der Waals surface area contributed by atoms with Gasteiger partial charge in [0.15, 0.2) is 0 Å². The summed E-state index contributed by atoms with van der Waals surface area (Å²) in [6, 6.07) is 14.3. The van der Waals surface area contributed by atoms with E-state index >= 15 is 0 Å². The minimum absolute atomic E-state index is 0.206. The van der Waals surface area contributed by atoms with Crippen molar-refractivity contribution in [1.82, 2.24) is 0 Å². The third kappa shape index (κ3) is 3.91. The summed E-state index contributed by atoms with van der Waals surface area (Å²) in [5.41, 5.74) is 2.03. The maximum absolute atomic E-state index is 6.29. The van der Waals surface area contributed by atoms with Gasteiger partial charge >= 0.3 is 0 Å². The Hall–Kier alpha value is -0.700. The molecule has 0 aliphatic rings. The van der Waals surface area contributed by atoms with Crippen molar-refractivity contribution in [1.29, 1.82) is 0 Å². The van der Waals surface area contributed by atoms with Gasteiger partial charge in [-0.25, -0.2) is 0 Å².